The summed E-state index contributed by atoms with van der Waals surface area (Å²) in [4.78, 5) is 29.0. The van der Waals surface area contributed by atoms with Crippen LogP contribution in [0.25, 0.3) is 5.00 Å². The predicted molar refractivity (Wildman–Crippen MR) is 130 cm³/mol. The Kier molecular flexibility index (Phi) is 6.23. The molecule has 2 aromatic heterocycles. The van der Waals surface area contributed by atoms with Crippen LogP contribution in [0.1, 0.15) is 33.6 Å². The van der Waals surface area contributed by atoms with Crippen LogP contribution in [0.3, 0.4) is 0 Å². The van der Waals surface area contributed by atoms with E-state index in [0.29, 0.717) is 11.3 Å². The van der Waals surface area contributed by atoms with Crippen LogP contribution < -0.4 is 10.2 Å². The average molecular weight is 468 g/mol. The molecule has 1 aromatic carbocycles. The van der Waals surface area contributed by atoms with Gasteiger partial charge in [0.2, 0.25) is 0 Å². The molecule has 0 bridgehead atoms. The highest BCUT2D eigenvalue weighted by Gasteiger charge is 2.27. The molecular weight excluding hydrogens is 442 g/mol. The second kappa shape index (κ2) is 9.42. The van der Waals surface area contributed by atoms with Gasteiger partial charge in [0.1, 0.15) is 5.00 Å². The number of hydrogen-bond acceptors (Lipinski definition) is 6. The second-order valence-corrected chi connectivity index (χ2v) is 10.1. The summed E-state index contributed by atoms with van der Waals surface area (Å²) in [6, 6.07) is 11.7. The number of fused-ring (bicyclic) bond motifs is 1. The first-order chi connectivity index (χ1) is 15.7. The lowest BCUT2D eigenvalue weighted by atomic mass is 10.1. The quantitative estimate of drug-likeness (QED) is 0.532. The zero-order chi connectivity index (χ0) is 21.9. The van der Waals surface area contributed by atoms with Crippen LogP contribution in [0.15, 0.2) is 48.8 Å². The molecule has 6 nitrogen and oxygen atoms in total. The molecule has 1 N–H and O–H groups in total. The van der Waals surface area contributed by atoms with Crippen LogP contribution in [-0.4, -0.2) is 41.9 Å². The molecule has 3 aromatic rings. The van der Waals surface area contributed by atoms with Crippen LogP contribution in [0.5, 0.6) is 0 Å². The molecule has 0 unspecified atom stereocenters. The fourth-order valence-electron chi connectivity index (χ4n) is 4.21. The molecule has 0 spiro atoms. The SMILES string of the molecule is O=C(COC(=O)c1c(-n2cccc2)sc2c1CCSC2)Nc1ccc(N2CCCC2)cc1. The van der Waals surface area contributed by atoms with E-state index in [1.807, 2.05) is 65.1 Å². The highest BCUT2D eigenvalue weighted by molar-refractivity contribution is 7.98. The van der Waals surface area contributed by atoms with E-state index in [9.17, 15) is 9.59 Å². The van der Waals surface area contributed by atoms with Crippen LogP contribution in [-0.2, 0) is 21.7 Å². The van der Waals surface area contributed by atoms with E-state index in [-0.39, 0.29) is 12.5 Å². The van der Waals surface area contributed by atoms with Crippen molar-refractivity contribution in [2.45, 2.75) is 25.0 Å². The zero-order valence-electron chi connectivity index (χ0n) is 17.7. The highest BCUT2D eigenvalue weighted by Crippen LogP contribution is 2.38. The van der Waals surface area contributed by atoms with Gasteiger partial charge in [0, 0.05) is 47.5 Å². The number of thiophene rings is 1. The number of nitrogens with zero attached hydrogens (tertiary/aromatic N) is 2. The Hall–Kier alpha value is -2.71. The summed E-state index contributed by atoms with van der Waals surface area (Å²) in [6.07, 6.45) is 7.15. The summed E-state index contributed by atoms with van der Waals surface area (Å²) in [5, 5.41) is 3.69. The Labute approximate surface area is 195 Å². The Bertz CT molecular complexity index is 1100. The Balaban J connectivity index is 1.24. The molecule has 166 valence electrons. The van der Waals surface area contributed by atoms with Gasteiger partial charge < -0.3 is 19.5 Å². The van der Waals surface area contributed by atoms with Crippen molar-refractivity contribution in [2.75, 3.05) is 35.7 Å². The Morgan fingerprint density at radius 1 is 1.06 bits per heavy atom. The number of ether oxygens (including phenoxy) is 1. The number of benzene rings is 1. The van der Waals surface area contributed by atoms with Gasteiger partial charge in [-0.1, -0.05) is 0 Å². The molecule has 4 heterocycles. The van der Waals surface area contributed by atoms with Gasteiger partial charge in [-0.25, -0.2) is 4.79 Å². The number of thioether (sulfide) groups is 1. The standard InChI is InChI=1S/C24H25N3O3S2/c28-21(25-17-5-7-18(8-6-17)26-10-1-2-11-26)15-30-24(29)22-19-9-14-31-16-20(19)32-23(22)27-12-3-4-13-27/h3-8,12-13H,1-2,9-11,14-16H2,(H,25,28). The average Bonchev–Trinajstić information content (AvgIpc) is 3.58. The van der Waals surface area contributed by atoms with E-state index >= 15 is 0 Å². The number of nitrogens with one attached hydrogen (secondary N) is 1. The molecule has 0 radical (unpaired) electrons. The van der Waals surface area contributed by atoms with Crippen LogP contribution in [0.2, 0.25) is 0 Å². The molecule has 8 heteroatoms. The van der Waals surface area contributed by atoms with Gasteiger partial charge in [-0.3, -0.25) is 4.79 Å². The number of rotatable bonds is 6. The molecule has 0 atom stereocenters. The minimum Gasteiger partial charge on any atom is -0.452 e. The summed E-state index contributed by atoms with van der Waals surface area (Å²) in [7, 11) is 0. The van der Waals surface area contributed by atoms with Crippen molar-refractivity contribution >= 4 is 46.3 Å². The third kappa shape index (κ3) is 4.42. The number of hydrogen-bond donors (Lipinski definition) is 1. The molecular formula is C24H25N3O3S2. The van der Waals surface area contributed by atoms with Gasteiger partial charge in [0.15, 0.2) is 6.61 Å². The number of anilines is 2. The normalized spacial score (nSPS) is 15.4. The lowest BCUT2D eigenvalue weighted by Gasteiger charge is -2.17. The number of carbonyl (C=O) groups is 2. The fourth-order valence-corrected chi connectivity index (χ4v) is 6.65. The van der Waals surface area contributed by atoms with E-state index in [0.717, 1.165) is 41.6 Å². The van der Waals surface area contributed by atoms with Crippen molar-refractivity contribution < 1.29 is 14.3 Å². The van der Waals surface area contributed by atoms with Crippen molar-refractivity contribution in [2.24, 2.45) is 0 Å². The van der Waals surface area contributed by atoms with Crippen LogP contribution in [0.4, 0.5) is 11.4 Å². The lowest BCUT2D eigenvalue weighted by Crippen LogP contribution is -2.22. The van der Waals surface area contributed by atoms with Gasteiger partial charge in [0.05, 0.1) is 5.56 Å². The number of amides is 1. The Morgan fingerprint density at radius 3 is 2.56 bits per heavy atom. The van der Waals surface area contributed by atoms with Crippen molar-refractivity contribution in [1.82, 2.24) is 4.57 Å². The van der Waals surface area contributed by atoms with Crippen LogP contribution >= 0.6 is 23.1 Å². The largest absolute Gasteiger partial charge is 0.452 e. The molecule has 5 rings (SSSR count). The van der Waals surface area contributed by atoms with Crippen molar-refractivity contribution in [3.8, 4) is 5.00 Å². The first-order valence-electron chi connectivity index (χ1n) is 10.9. The maximum Gasteiger partial charge on any atom is 0.341 e. The molecule has 2 aliphatic rings. The van der Waals surface area contributed by atoms with Gasteiger partial charge in [0.25, 0.3) is 5.91 Å². The highest BCUT2D eigenvalue weighted by atomic mass is 32.2. The van der Waals surface area contributed by atoms with Crippen molar-refractivity contribution in [3.63, 3.8) is 0 Å². The number of carbonyl (C=O) groups excluding carboxylic acids is 2. The molecule has 0 aliphatic carbocycles. The topological polar surface area (TPSA) is 63.6 Å². The fraction of sp³-hybridized carbons (Fsp3) is 0.333. The van der Waals surface area contributed by atoms with Crippen molar-refractivity contribution in [1.29, 1.82) is 0 Å². The number of aromatic nitrogens is 1. The molecule has 32 heavy (non-hydrogen) atoms. The minimum atomic E-state index is -0.433. The van der Waals surface area contributed by atoms with E-state index in [4.69, 9.17) is 4.74 Å². The smallest absolute Gasteiger partial charge is 0.341 e. The molecule has 0 saturated carbocycles. The summed E-state index contributed by atoms with van der Waals surface area (Å²) >= 11 is 3.51. The zero-order valence-corrected chi connectivity index (χ0v) is 19.3. The van der Waals surface area contributed by atoms with E-state index in [1.54, 1.807) is 11.3 Å². The van der Waals surface area contributed by atoms with E-state index < -0.39 is 5.97 Å². The summed E-state index contributed by atoms with van der Waals surface area (Å²) < 4.78 is 7.41. The predicted octanol–water partition coefficient (Wildman–Crippen LogP) is 4.72. The first kappa shape index (κ1) is 21.2. The van der Waals surface area contributed by atoms with Gasteiger partial charge in [-0.2, -0.15) is 11.8 Å². The third-order valence-electron chi connectivity index (χ3n) is 5.80. The molecule has 2 aliphatic heterocycles. The summed E-state index contributed by atoms with van der Waals surface area (Å²) in [5.41, 5.74) is 3.54. The van der Waals surface area contributed by atoms with Gasteiger partial charge in [-0.05, 0) is 67.0 Å². The van der Waals surface area contributed by atoms with E-state index in [2.05, 4.69) is 10.2 Å². The van der Waals surface area contributed by atoms with Gasteiger partial charge in [-0.15, -0.1) is 11.3 Å². The summed E-state index contributed by atoms with van der Waals surface area (Å²) in [6.45, 7) is 1.85. The van der Waals surface area contributed by atoms with E-state index in [1.165, 1.54) is 23.4 Å². The van der Waals surface area contributed by atoms with Crippen molar-refractivity contribution in [3.05, 3.63) is 64.8 Å². The molecule has 1 saturated heterocycles. The molecule has 1 fully saturated rings. The third-order valence-corrected chi connectivity index (χ3v) is 8.22. The number of esters is 1. The molecule has 1 amide bonds. The Morgan fingerprint density at radius 2 is 1.81 bits per heavy atom. The monoisotopic (exact) mass is 467 g/mol. The van der Waals surface area contributed by atoms with Gasteiger partial charge >= 0.3 is 5.97 Å². The second-order valence-electron chi connectivity index (χ2n) is 7.94. The summed E-state index contributed by atoms with van der Waals surface area (Å²) in [5.74, 6) is 1.13. The maximum atomic E-state index is 13.0. The van der Waals surface area contributed by atoms with Crippen LogP contribution in [0, 0.1) is 0 Å². The lowest BCUT2D eigenvalue weighted by molar-refractivity contribution is -0.119. The first-order valence-corrected chi connectivity index (χ1v) is 12.8. The maximum absolute atomic E-state index is 13.0. The minimum absolute atomic E-state index is 0.308.